The van der Waals surface area contributed by atoms with Gasteiger partial charge in [-0.05, 0) is 31.2 Å². The highest BCUT2D eigenvalue weighted by atomic mass is 16.5. The van der Waals surface area contributed by atoms with Gasteiger partial charge in [-0.1, -0.05) is 0 Å². The predicted octanol–water partition coefficient (Wildman–Crippen LogP) is 1.98. The number of nitrogens with zero attached hydrogens (tertiary/aromatic N) is 2. The Morgan fingerprint density at radius 1 is 1.27 bits per heavy atom. The molecule has 22 heavy (non-hydrogen) atoms. The molecule has 118 valence electrons. The number of aromatic nitrogens is 3. The van der Waals surface area contributed by atoms with Gasteiger partial charge in [0.15, 0.2) is 0 Å². The van der Waals surface area contributed by atoms with E-state index in [1.54, 1.807) is 6.33 Å². The van der Waals surface area contributed by atoms with Gasteiger partial charge in [-0.3, -0.25) is 0 Å². The Balaban J connectivity index is 1.66. The molecule has 0 aliphatic carbocycles. The van der Waals surface area contributed by atoms with Crippen LogP contribution >= 0.6 is 0 Å². The number of hydrogen-bond acceptors (Lipinski definition) is 5. The third kappa shape index (κ3) is 2.57. The van der Waals surface area contributed by atoms with Crippen molar-refractivity contribution >= 4 is 11.0 Å². The number of aromatic amines is 1. The largest absolute Gasteiger partial charge is 0.472 e. The molecular weight excluding hydrogens is 280 g/mol. The van der Waals surface area contributed by atoms with Crippen LogP contribution in [0.2, 0.25) is 0 Å². The van der Waals surface area contributed by atoms with Gasteiger partial charge in [-0.15, -0.1) is 0 Å². The van der Waals surface area contributed by atoms with Crippen molar-refractivity contribution in [3.63, 3.8) is 0 Å². The lowest BCUT2D eigenvalue weighted by Crippen LogP contribution is -2.21. The molecule has 0 saturated carbocycles. The van der Waals surface area contributed by atoms with Gasteiger partial charge in [0.05, 0.1) is 5.39 Å². The number of rotatable bonds is 3. The van der Waals surface area contributed by atoms with Gasteiger partial charge < -0.3 is 19.8 Å². The van der Waals surface area contributed by atoms with Crippen LogP contribution in [-0.2, 0) is 4.74 Å². The lowest BCUT2D eigenvalue weighted by molar-refractivity contribution is 0.0855. The minimum absolute atomic E-state index is 0.186. The van der Waals surface area contributed by atoms with E-state index in [2.05, 4.69) is 33.4 Å². The maximum absolute atomic E-state index is 6.18. The normalized spacial score (nSPS) is 26.6. The molecule has 0 aromatic carbocycles. The zero-order valence-corrected chi connectivity index (χ0v) is 12.8. The summed E-state index contributed by atoms with van der Waals surface area (Å²) >= 11 is 0. The van der Waals surface area contributed by atoms with Crippen LogP contribution < -0.4 is 10.1 Å². The van der Waals surface area contributed by atoms with Crippen LogP contribution in [0.5, 0.6) is 5.88 Å². The summed E-state index contributed by atoms with van der Waals surface area (Å²) in [5.74, 6) is 1.21. The third-order valence-corrected chi connectivity index (χ3v) is 4.72. The van der Waals surface area contributed by atoms with E-state index in [0.29, 0.717) is 17.8 Å². The van der Waals surface area contributed by atoms with Crippen LogP contribution in [0.25, 0.3) is 11.0 Å². The minimum atomic E-state index is 0.186. The van der Waals surface area contributed by atoms with E-state index in [1.807, 2.05) is 0 Å². The molecule has 2 atom stereocenters. The van der Waals surface area contributed by atoms with Crippen LogP contribution in [0.15, 0.2) is 12.5 Å². The summed E-state index contributed by atoms with van der Waals surface area (Å²) in [6.07, 6.45) is 6.94. The fourth-order valence-electron chi connectivity index (χ4n) is 3.52. The second-order valence-electron chi connectivity index (χ2n) is 6.32. The van der Waals surface area contributed by atoms with Crippen molar-refractivity contribution < 1.29 is 9.47 Å². The number of nitrogens with one attached hydrogen (secondary N) is 2. The van der Waals surface area contributed by atoms with Gasteiger partial charge in [-0.25, -0.2) is 9.97 Å². The third-order valence-electron chi connectivity index (χ3n) is 4.72. The molecular formula is C16H22N4O2. The van der Waals surface area contributed by atoms with Crippen LogP contribution in [0, 0.1) is 0 Å². The fraction of sp³-hybridized carbons (Fsp3) is 0.625. The van der Waals surface area contributed by atoms with Crippen molar-refractivity contribution in [3.8, 4) is 5.88 Å². The highest BCUT2D eigenvalue weighted by molar-refractivity contribution is 5.85. The van der Waals surface area contributed by atoms with Gasteiger partial charge >= 0.3 is 0 Å². The molecule has 4 rings (SSSR count). The molecule has 2 N–H and O–H groups in total. The van der Waals surface area contributed by atoms with Crippen molar-refractivity contribution in [1.29, 1.82) is 0 Å². The molecule has 2 saturated heterocycles. The van der Waals surface area contributed by atoms with Gasteiger partial charge in [0.25, 0.3) is 0 Å². The first-order chi connectivity index (χ1) is 10.8. The topological polar surface area (TPSA) is 72.1 Å². The van der Waals surface area contributed by atoms with Crippen molar-refractivity contribution in [3.05, 3.63) is 18.1 Å². The number of H-pyrrole nitrogens is 1. The number of hydrogen-bond donors (Lipinski definition) is 2. The Hall–Kier alpha value is -1.66. The summed E-state index contributed by atoms with van der Waals surface area (Å²) in [6, 6.07) is 0.503. The Labute approximate surface area is 129 Å². The monoisotopic (exact) mass is 302 g/mol. The molecule has 2 aliphatic rings. The highest BCUT2D eigenvalue weighted by Crippen LogP contribution is 2.36. The molecule has 0 radical (unpaired) electrons. The number of ether oxygens (including phenoxy) is 2. The van der Waals surface area contributed by atoms with Gasteiger partial charge in [-0.2, -0.15) is 0 Å². The van der Waals surface area contributed by atoms with Crippen molar-refractivity contribution in [2.45, 2.75) is 44.2 Å². The van der Waals surface area contributed by atoms with E-state index in [1.165, 1.54) is 5.56 Å². The highest BCUT2D eigenvalue weighted by Gasteiger charge is 2.26. The Kier molecular flexibility index (Phi) is 3.72. The van der Waals surface area contributed by atoms with Crippen LogP contribution in [-0.4, -0.2) is 46.9 Å². The summed E-state index contributed by atoms with van der Waals surface area (Å²) in [5, 5.41) is 4.47. The molecule has 2 aromatic heterocycles. The van der Waals surface area contributed by atoms with Crippen LogP contribution in [0.4, 0.5) is 0 Å². The van der Waals surface area contributed by atoms with E-state index in [9.17, 15) is 0 Å². The van der Waals surface area contributed by atoms with Crippen molar-refractivity contribution in [2.75, 3.05) is 19.8 Å². The smallest absolute Gasteiger partial charge is 0.226 e. The second kappa shape index (κ2) is 5.85. The molecule has 2 aromatic rings. The SMILES string of the molecule is C[C@H]1C[C@@H](Oc2ncnc3[nH]cc(C4CCOCC4)c23)CN1. The Morgan fingerprint density at radius 2 is 2.14 bits per heavy atom. The van der Waals surface area contributed by atoms with Gasteiger partial charge in [0.1, 0.15) is 18.1 Å². The van der Waals surface area contributed by atoms with E-state index < -0.39 is 0 Å². The van der Waals surface area contributed by atoms with Crippen molar-refractivity contribution in [2.24, 2.45) is 0 Å². The molecule has 6 heteroatoms. The van der Waals surface area contributed by atoms with Gasteiger partial charge in [0.2, 0.25) is 5.88 Å². The van der Waals surface area contributed by atoms with E-state index in [0.717, 1.165) is 50.1 Å². The molecule has 2 aliphatic heterocycles. The molecule has 0 bridgehead atoms. The Morgan fingerprint density at radius 3 is 2.91 bits per heavy atom. The fourth-order valence-corrected chi connectivity index (χ4v) is 3.52. The van der Waals surface area contributed by atoms with E-state index in [-0.39, 0.29) is 6.10 Å². The molecule has 6 nitrogen and oxygen atoms in total. The van der Waals surface area contributed by atoms with E-state index >= 15 is 0 Å². The first kappa shape index (κ1) is 14.0. The lowest BCUT2D eigenvalue weighted by Gasteiger charge is -2.22. The first-order valence-electron chi connectivity index (χ1n) is 8.11. The first-order valence-corrected chi connectivity index (χ1v) is 8.11. The van der Waals surface area contributed by atoms with Gasteiger partial charge in [0, 0.05) is 38.4 Å². The lowest BCUT2D eigenvalue weighted by atomic mass is 9.92. The molecule has 4 heterocycles. The number of fused-ring (bicyclic) bond motifs is 1. The predicted molar refractivity (Wildman–Crippen MR) is 83.2 cm³/mol. The molecule has 0 amide bonds. The second-order valence-corrected chi connectivity index (χ2v) is 6.32. The Bertz CT molecular complexity index is 651. The summed E-state index contributed by atoms with van der Waals surface area (Å²) < 4.78 is 11.7. The van der Waals surface area contributed by atoms with Crippen LogP contribution in [0.3, 0.4) is 0 Å². The molecule has 2 fully saturated rings. The summed E-state index contributed by atoms with van der Waals surface area (Å²) in [7, 11) is 0. The van der Waals surface area contributed by atoms with Crippen molar-refractivity contribution in [1.82, 2.24) is 20.3 Å². The average molecular weight is 302 g/mol. The maximum Gasteiger partial charge on any atom is 0.226 e. The quantitative estimate of drug-likeness (QED) is 0.907. The molecule has 0 unspecified atom stereocenters. The zero-order valence-electron chi connectivity index (χ0n) is 12.8. The average Bonchev–Trinajstić information content (AvgIpc) is 3.15. The minimum Gasteiger partial charge on any atom is -0.472 e. The van der Waals surface area contributed by atoms with Crippen LogP contribution in [0.1, 0.15) is 37.7 Å². The maximum atomic E-state index is 6.18. The molecule has 0 spiro atoms. The zero-order chi connectivity index (χ0) is 14.9. The summed E-state index contributed by atoms with van der Waals surface area (Å²) in [5.41, 5.74) is 2.14. The summed E-state index contributed by atoms with van der Waals surface area (Å²) in [4.78, 5) is 12.0. The van der Waals surface area contributed by atoms with E-state index in [4.69, 9.17) is 9.47 Å². The summed E-state index contributed by atoms with van der Waals surface area (Å²) in [6.45, 7) is 4.71. The standard InChI is InChI=1S/C16H22N4O2/c1-10-6-12(7-17-10)22-16-14-13(11-2-4-21-5-3-11)8-18-15(14)19-9-20-16/h8-12,17H,2-7H2,1H3,(H,18,19,20)/t10-,12+/m0/s1.